The van der Waals surface area contributed by atoms with Crippen LogP contribution >= 0.6 is 35.3 Å². The van der Waals surface area contributed by atoms with E-state index >= 15 is 0 Å². The fourth-order valence-corrected chi connectivity index (χ4v) is 3.89. The summed E-state index contributed by atoms with van der Waals surface area (Å²) < 4.78 is 43.5. The predicted molar refractivity (Wildman–Crippen MR) is 124 cm³/mol. The van der Waals surface area contributed by atoms with E-state index in [1.807, 2.05) is 31.2 Å². The number of aromatic nitrogens is 1. The normalized spacial score (nSPS) is 16.9. The van der Waals surface area contributed by atoms with Crippen LogP contribution in [0.4, 0.5) is 18.9 Å². The molecule has 2 heterocycles. The second-order valence-electron chi connectivity index (χ2n) is 6.57. The zero-order valence-corrected chi connectivity index (χ0v) is 19.8. The molecule has 0 spiro atoms. The highest BCUT2D eigenvalue weighted by atomic mass is 127. The first-order chi connectivity index (χ1) is 13.9. The molecule has 1 saturated heterocycles. The van der Waals surface area contributed by atoms with E-state index in [1.54, 1.807) is 7.11 Å². The lowest BCUT2D eigenvalue weighted by molar-refractivity contribution is -0.140. The number of aliphatic imine (C=N–C) groups is 1. The van der Waals surface area contributed by atoms with Crippen molar-refractivity contribution in [3.05, 3.63) is 40.3 Å². The number of hydrogen-bond acceptors (Lipinski definition) is 5. The van der Waals surface area contributed by atoms with Crippen LogP contribution in [0.25, 0.3) is 0 Å². The Morgan fingerprint density at radius 1 is 1.37 bits per heavy atom. The number of halogens is 4. The number of thiazole rings is 1. The molecule has 1 atom stereocenters. The summed E-state index contributed by atoms with van der Waals surface area (Å²) in [6, 6.07) is 8.05. The van der Waals surface area contributed by atoms with Crippen molar-refractivity contribution in [2.45, 2.75) is 32.1 Å². The first-order valence-electron chi connectivity index (χ1n) is 9.35. The van der Waals surface area contributed by atoms with Crippen molar-refractivity contribution in [2.75, 3.05) is 31.6 Å². The first-order valence-corrected chi connectivity index (χ1v) is 10.2. The third-order valence-corrected chi connectivity index (χ3v) is 5.35. The van der Waals surface area contributed by atoms with E-state index < -0.39 is 11.9 Å². The Morgan fingerprint density at radius 3 is 2.80 bits per heavy atom. The number of ether oxygens (including phenoxy) is 1. The molecule has 0 saturated carbocycles. The fraction of sp³-hybridized carbons (Fsp3) is 0.474. The van der Waals surface area contributed by atoms with Crippen LogP contribution in [-0.2, 0) is 12.7 Å². The van der Waals surface area contributed by atoms with Crippen LogP contribution in [0.15, 0.2) is 34.6 Å². The molecule has 0 amide bonds. The lowest BCUT2D eigenvalue weighted by atomic mass is 10.2. The van der Waals surface area contributed by atoms with Crippen molar-refractivity contribution >= 4 is 47.0 Å². The van der Waals surface area contributed by atoms with E-state index in [-0.39, 0.29) is 36.6 Å². The van der Waals surface area contributed by atoms with Gasteiger partial charge in [-0.25, -0.2) is 9.98 Å². The minimum atomic E-state index is -4.42. The van der Waals surface area contributed by atoms with E-state index in [4.69, 9.17) is 4.74 Å². The Hall–Kier alpha value is -1.76. The van der Waals surface area contributed by atoms with Gasteiger partial charge in [0.2, 0.25) is 0 Å². The van der Waals surface area contributed by atoms with Gasteiger partial charge in [-0.15, -0.1) is 35.3 Å². The standard InChI is InChI=1S/C19H24F3N5OS.HI/c1-3-23-18(24-10-17-26-16(12-29-17)19(20,21)22)25-13-8-9-27(11-13)14-6-4-5-7-15(14)28-2;/h4-7,12-13H,3,8-11H2,1-2H3,(H2,23,24,25);1H. The Bertz CT molecular complexity index is 846. The summed E-state index contributed by atoms with van der Waals surface area (Å²) in [6.45, 7) is 4.34. The molecule has 3 rings (SSSR count). The largest absolute Gasteiger partial charge is 0.495 e. The van der Waals surface area contributed by atoms with Crippen molar-refractivity contribution in [2.24, 2.45) is 4.99 Å². The van der Waals surface area contributed by atoms with E-state index in [2.05, 4.69) is 25.5 Å². The summed E-state index contributed by atoms with van der Waals surface area (Å²) in [5, 5.41) is 7.87. The van der Waals surface area contributed by atoms with Crippen molar-refractivity contribution < 1.29 is 17.9 Å². The van der Waals surface area contributed by atoms with Crippen LogP contribution in [0.5, 0.6) is 5.75 Å². The number of alkyl halides is 3. The maximum atomic E-state index is 12.7. The number of rotatable bonds is 6. The molecule has 1 aromatic carbocycles. The summed E-state index contributed by atoms with van der Waals surface area (Å²) in [7, 11) is 1.66. The predicted octanol–water partition coefficient (Wildman–Crippen LogP) is 4.12. The second kappa shape index (κ2) is 11.0. The zero-order chi connectivity index (χ0) is 20.9. The Morgan fingerprint density at radius 2 is 2.13 bits per heavy atom. The molecule has 0 radical (unpaired) electrons. The van der Waals surface area contributed by atoms with Gasteiger partial charge in [0.15, 0.2) is 11.7 Å². The molecule has 11 heteroatoms. The van der Waals surface area contributed by atoms with Gasteiger partial charge in [-0.1, -0.05) is 12.1 Å². The second-order valence-corrected chi connectivity index (χ2v) is 7.51. The average Bonchev–Trinajstić information content (AvgIpc) is 3.35. The summed E-state index contributed by atoms with van der Waals surface area (Å²) in [4.78, 5) is 10.3. The molecular formula is C19H25F3IN5OS. The van der Waals surface area contributed by atoms with Crippen LogP contribution in [0.1, 0.15) is 24.0 Å². The topological polar surface area (TPSA) is 61.8 Å². The minimum Gasteiger partial charge on any atom is -0.495 e. The van der Waals surface area contributed by atoms with Crippen LogP contribution in [0.2, 0.25) is 0 Å². The quantitative estimate of drug-likeness (QED) is 0.319. The molecule has 2 N–H and O–H groups in total. The van der Waals surface area contributed by atoms with E-state index in [0.29, 0.717) is 17.5 Å². The number of methoxy groups -OCH3 is 1. The highest BCUT2D eigenvalue weighted by Gasteiger charge is 2.33. The highest BCUT2D eigenvalue weighted by molar-refractivity contribution is 14.0. The number of nitrogens with one attached hydrogen (secondary N) is 2. The molecule has 6 nitrogen and oxygen atoms in total. The number of anilines is 1. The molecule has 1 aliphatic heterocycles. The number of guanidine groups is 1. The van der Waals surface area contributed by atoms with Gasteiger partial charge in [-0.05, 0) is 25.5 Å². The van der Waals surface area contributed by atoms with Gasteiger partial charge in [0.25, 0.3) is 0 Å². The van der Waals surface area contributed by atoms with Gasteiger partial charge in [0.05, 0.1) is 19.3 Å². The molecule has 30 heavy (non-hydrogen) atoms. The first kappa shape index (κ1) is 24.5. The summed E-state index contributed by atoms with van der Waals surface area (Å²) >= 11 is 0.965. The van der Waals surface area contributed by atoms with Gasteiger partial charge < -0.3 is 20.3 Å². The Balaban J connectivity index is 0.00000320. The summed E-state index contributed by atoms with van der Waals surface area (Å²) in [5.74, 6) is 1.40. The molecule has 0 bridgehead atoms. The van der Waals surface area contributed by atoms with Crippen molar-refractivity contribution in [1.82, 2.24) is 15.6 Å². The number of para-hydroxylation sites is 2. The van der Waals surface area contributed by atoms with Crippen molar-refractivity contribution in [3.8, 4) is 5.75 Å². The summed E-state index contributed by atoms with van der Waals surface area (Å²) in [5.41, 5.74) is 0.178. The molecular weight excluding hydrogens is 530 g/mol. The van der Waals surface area contributed by atoms with Crippen molar-refractivity contribution in [3.63, 3.8) is 0 Å². The van der Waals surface area contributed by atoms with Gasteiger partial charge in [0.1, 0.15) is 10.8 Å². The van der Waals surface area contributed by atoms with Gasteiger partial charge in [0, 0.05) is 31.1 Å². The van der Waals surface area contributed by atoms with Crippen LogP contribution < -0.4 is 20.3 Å². The lowest BCUT2D eigenvalue weighted by Gasteiger charge is -2.22. The SMILES string of the molecule is CCNC(=NCc1nc(C(F)(F)F)cs1)NC1CCN(c2ccccc2OC)C1.I. The maximum Gasteiger partial charge on any atom is 0.434 e. The fourth-order valence-electron chi connectivity index (χ4n) is 3.16. The van der Waals surface area contributed by atoms with E-state index in [1.165, 1.54) is 0 Å². The Labute approximate surface area is 195 Å². The van der Waals surface area contributed by atoms with Gasteiger partial charge in [-0.2, -0.15) is 13.2 Å². The number of hydrogen-bond donors (Lipinski definition) is 2. The van der Waals surface area contributed by atoms with Crippen LogP contribution in [0.3, 0.4) is 0 Å². The van der Waals surface area contributed by atoms with Crippen molar-refractivity contribution in [1.29, 1.82) is 0 Å². The lowest BCUT2D eigenvalue weighted by Crippen LogP contribution is -2.44. The maximum absolute atomic E-state index is 12.7. The average molecular weight is 555 g/mol. The third kappa shape index (κ3) is 6.37. The van der Waals surface area contributed by atoms with Crippen LogP contribution in [-0.4, -0.2) is 43.7 Å². The van der Waals surface area contributed by atoms with Gasteiger partial charge >= 0.3 is 6.18 Å². The van der Waals surface area contributed by atoms with E-state index in [0.717, 1.165) is 47.7 Å². The smallest absolute Gasteiger partial charge is 0.434 e. The summed E-state index contributed by atoms with van der Waals surface area (Å²) in [6.07, 6.45) is -3.51. The van der Waals surface area contributed by atoms with Crippen LogP contribution in [0, 0.1) is 0 Å². The molecule has 1 aliphatic rings. The molecule has 1 unspecified atom stereocenters. The molecule has 0 aliphatic carbocycles. The molecule has 166 valence electrons. The Kier molecular flexibility index (Phi) is 9.01. The monoisotopic (exact) mass is 555 g/mol. The minimum absolute atomic E-state index is 0. The number of benzene rings is 1. The zero-order valence-electron chi connectivity index (χ0n) is 16.7. The van der Waals surface area contributed by atoms with E-state index in [9.17, 15) is 13.2 Å². The molecule has 1 aromatic heterocycles. The van der Waals surface area contributed by atoms with Gasteiger partial charge in [-0.3, -0.25) is 0 Å². The highest BCUT2D eigenvalue weighted by Crippen LogP contribution is 2.31. The third-order valence-electron chi connectivity index (χ3n) is 4.51. The molecule has 2 aromatic rings. The molecule has 1 fully saturated rings. The number of nitrogens with zero attached hydrogens (tertiary/aromatic N) is 3.